The Morgan fingerprint density at radius 2 is 1.80 bits per heavy atom. The molecule has 0 N–H and O–H groups in total. The summed E-state index contributed by atoms with van der Waals surface area (Å²) in [6.07, 6.45) is 1.92. The predicted molar refractivity (Wildman–Crippen MR) is 113 cm³/mol. The minimum Gasteiger partial charge on any atom is -0.493 e. The van der Waals surface area contributed by atoms with Crippen molar-refractivity contribution in [2.45, 2.75) is 6.92 Å². The molecular weight excluding hydrogens is 402 g/mol. The van der Waals surface area contributed by atoms with E-state index in [1.165, 1.54) is 11.3 Å². The van der Waals surface area contributed by atoms with Gasteiger partial charge in [0.15, 0.2) is 11.5 Å². The Morgan fingerprint density at radius 1 is 0.967 bits per heavy atom. The van der Waals surface area contributed by atoms with Crippen LogP contribution < -0.4 is 9.47 Å². The fourth-order valence-electron chi connectivity index (χ4n) is 3.27. The fraction of sp³-hybridized carbons (Fsp3) is 0.143. The first-order chi connectivity index (χ1) is 14.7. The average Bonchev–Trinajstić information content (AvgIpc) is 3.50. The lowest BCUT2D eigenvalue weighted by Crippen LogP contribution is -1.90. The van der Waals surface area contributed by atoms with Gasteiger partial charge in [0.1, 0.15) is 22.0 Å². The van der Waals surface area contributed by atoms with Gasteiger partial charge in [0, 0.05) is 17.1 Å². The van der Waals surface area contributed by atoms with E-state index in [1.54, 1.807) is 14.2 Å². The number of pyridine rings is 1. The van der Waals surface area contributed by atoms with E-state index in [0.29, 0.717) is 29.0 Å². The van der Waals surface area contributed by atoms with Crippen molar-refractivity contribution in [1.82, 2.24) is 24.6 Å². The van der Waals surface area contributed by atoms with Crippen LogP contribution in [0.5, 0.6) is 11.5 Å². The monoisotopic (exact) mass is 419 g/mol. The van der Waals surface area contributed by atoms with Crippen molar-refractivity contribution >= 4 is 17.0 Å². The Hall–Kier alpha value is -3.72. The van der Waals surface area contributed by atoms with Crippen LogP contribution in [0.3, 0.4) is 0 Å². The SMILES string of the molecule is COc1ccc(-c2nc(-c3nnc(-c4c(C)nc5ccccn45)o3)cs2)cc1OC. The Labute approximate surface area is 175 Å². The first-order valence-electron chi connectivity index (χ1n) is 9.14. The molecule has 0 spiro atoms. The van der Waals surface area contributed by atoms with Crippen LogP contribution in [0, 0.1) is 6.92 Å². The van der Waals surface area contributed by atoms with Gasteiger partial charge < -0.3 is 13.9 Å². The molecule has 150 valence electrons. The molecule has 0 bridgehead atoms. The molecule has 0 aliphatic rings. The Balaban J connectivity index is 1.50. The molecule has 0 unspecified atom stereocenters. The van der Waals surface area contributed by atoms with E-state index in [2.05, 4.69) is 20.2 Å². The molecule has 1 aromatic carbocycles. The molecule has 0 amide bonds. The Kier molecular flexibility index (Phi) is 4.44. The Morgan fingerprint density at radius 3 is 2.63 bits per heavy atom. The molecule has 0 aliphatic heterocycles. The lowest BCUT2D eigenvalue weighted by molar-refractivity contribution is 0.355. The Bertz CT molecular complexity index is 1350. The van der Waals surface area contributed by atoms with Crippen molar-refractivity contribution in [1.29, 1.82) is 0 Å². The number of methoxy groups -OCH3 is 2. The standard InChI is InChI=1S/C21H17N5O3S/c1-12-18(26-9-5-4-6-17(26)22-12)20-25-24-19(29-20)14-11-30-21(23-14)13-7-8-15(27-2)16(10-13)28-3/h4-11H,1-3H3. The van der Waals surface area contributed by atoms with Gasteiger partial charge in [-0.05, 0) is 37.3 Å². The first-order valence-corrected chi connectivity index (χ1v) is 10.0. The van der Waals surface area contributed by atoms with Crippen LogP contribution in [0.25, 0.3) is 39.4 Å². The maximum atomic E-state index is 5.95. The van der Waals surface area contributed by atoms with E-state index < -0.39 is 0 Å². The number of imidazole rings is 1. The van der Waals surface area contributed by atoms with E-state index in [1.807, 2.05) is 59.3 Å². The molecule has 30 heavy (non-hydrogen) atoms. The van der Waals surface area contributed by atoms with Crippen molar-refractivity contribution < 1.29 is 13.9 Å². The summed E-state index contributed by atoms with van der Waals surface area (Å²) in [5, 5.41) is 11.1. The van der Waals surface area contributed by atoms with Crippen molar-refractivity contribution in [3.05, 3.63) is 53.7 Å². The maximum Gasteiger partial charge on any atom is 0.267 e. The third-order valence-corrected chi connectivity index (χ3v) is 5.58. The van der Waals surface area contributed by atoms with Gasteiger partial charge in [0.25, 0.3) is 11.8 Å². The summed E-state index contributed by atoms with van der Waals surface area (Å²) in [4.78, 5) is 9.21. The third-order valence-electron chi connectivity index (χ3n) is 4.69. The number of fused-ring (bicyclic) bond motifs is 1. The quantitative estimate of drug-likeness (QED) is 0.414. The van der Waals surface area contributed by atoms with Crippen LogP contribution in [-0.2, 0) is 0 Å². The summed E-state index contributed by atoms with van der Waals surface area (Å²) in [5.41, 5.74) is 3.96. The zero-order valence-electron chi connectivity index (χ0n) is 16.5. The molecule has 0 fully saturated rings. The second kappa shape index (κ2) is 7.27. The van der Waals surface area contributed by atoms with E-state index in [-0.39, 0.29) is 0 Å². The zero-order valence-corrected chi connectivity index (χ0v) is 17.3. The van der Waals surface area contributed by atoms with Crippen molar-refractivity contribution in [2.24, 2.45) is 0 Å². The van der Waals surface area contributed by atoms with Crippen LogP contribution in [0.4, 0.5) is 0 Å². The predicted octanol–water partition coefficient (Wildman–Crippen LogP) is 4.50. The van der Waals surface area contributed by atoms with E-state index in [0.717, 1.165) is 27.6 Å². The summed E-state index contributed by atoms with van der Waals surface area (Å²) in [6.45, 7) is 1.92. The van der Waals surface area contributed by atoms with Gasteiger partial charge in [-0.2, -0.15) is 0 Å². The van der Waals surface area contributed by atoms with Gasteiger partial charge in [0.05, 0.1) is 19.9 Å². The van der Waals surface area contributed by atoms with Crippen LogP contribution >= 0.6 is 11.3 Å². The van der Waals surface area contributed by atoms with E-state index in [4.69, 9.17) is 13.9 Å². The second-order valence-corrected chi connectivity index (χ2v) is 7.35. The topological polar surface area (TPSA) is 87.6 Å². The van der Waals surface area contributed by atoms with Crippen LogP contribution in [0.1, 0.15) is 5.69 Å². The number of aromatic nitrogens is 5. The molecule has 5 aromatic rings. The van der Waals surface area contributed by atoms with Gasteiger partial charge in [-0.1, -0.05) is 6.07 Å². The highest BCUT2D eigenvalue weighted by Crippen LogP contribution is 2.35. The summed E-state index contributed by atoms with van der Waals surface area (Å²) >= 11 is 1.49. The molecule has 5 rings (SSSR count). The molecule has 0 saturated heterocycles. The van der Waals surface area contributed by atoms with Gasteiger partial charge in [-0.15, -0.1) is 21.5 Å². The number of ether oxygens (including phenoxy) is 2. The molecule has 9 heteroatoms. The minimum absolute atomic E-state index is 0.359. The van der Waals surface area contributed by atoms with E-state index >= 15 is 0 Å². The summed E-state index contributed by atoms with van der Waals surface area (Å²) < 4.78 is 18.6. The zero-order chi connectivity index (χ0) is 20.7. The normalized spacial score (nSPS) is 11.2. The van der Waals surface area contributed by atoms with Crippen molar-refractivity contribution in [3.8, 4) is 45.2 Å². The molecule has 8 nitrogen and oxygen atoms in total. The average molecular weight is 419 g/mol. The summed E-state index contributed by atoms with van der Waals surface area (Å²) in [6, 6.07) is 11.5. The molecule has 4 heterocycles. The highest BCUT2D eigenvalue weighted by molar-refractivity contribution is 7.13. The van der Waals surface area contributed by atoms with Crippen LogP contribution in [-0.4, -0.2) is 38.8 Å². The van der Waals surface area contributed by atoms with Crippen LogP contribution in [0.15, 0.2) is 52.4 Å². The number of thiazole rings is 1. The van der Waals surface area contributed by atoms with Gasteiger partial charge in [-0.25, -0.2) is 9.97 Å². The highest BCUT2D eigenvalue weighted by atomic mass is 32.1. The smallest absolute Gasteiger partial charge is 0.267 e. The highest BCUT2D eigenvalue weighted by Gasteiger charge is 2.19. The number of hydrogen-bond donors (Lipinski definition) is 0. The number of hydrogen-bond acceptors (Lipinski definition) is 8. The largest absolute Gasteiger partial charge is 0.493 e. The third kappa shape index (κ3) is 3.00. The molecule has 0 atom stereocenters. The maximum absolute atomic E-state index is 5.95. The van der Waals surface area contributed by atoms with Crippen molar-refractivity contribution in [3.63, 3.8) is 0 Å². The lowest BCUT2D eigenvalue weighted by atomic mass is 10.2. The minimum atomic E-state index is 0.359. The second-order valence-electron chi connectivity index (χ2n) is 6.49. The lowest BCUT2D eigenvalue weighted by Gasteiger charge is -2.08. The van der Waals surface area contributed by atoms with Gasteiger partial charge in [-0.3, -0.25) is 4.40 Å². The fourth-order valence-corrected chi connectivity index (χ4v) is 4.06. The number of aryl methyl sites for hydroxylation is 1. The molecule has 0 aliphatic carbocycles. The molecule has 4 aromatic heterocycles. The molecule has 0 saturated carbocycles. The number of nitrogens with zero attached hydrogens (tertiary/aromatic N) is 5. The molecule has 0 radical (unpaired) electrons. The van der Waals surface area contributed by atoms with E-state index in [9.17, 15) is 0 Å². The summed E-state index contributed by atoms with van der Waals surface area (Å²) in [5.74, 6) is 2.08. The number of benzene rings is 1. The van der Waals surface area contributed by atoms with Gasteiger partial charge >= 0.3 is 0 Å². The summed E-state index contributed by atoms with van der Waals surface area (Å²) in [7, 11) is 3.22. The number of rotatable bonds is 5. The van der Waals surface area contributed by atoms with Gasteiger partial charge in [0.2, 0.25) is 0 Å². The first kappa shape index (κ1) is 18.3. The van der Waals surface area contributed by atoms with Crippen molar-refractivity contribution in [2.75, 3.05) is 14.2 Å². The molecular formula is C21H17N5O3S. The van der Waals surface area contributed by atoms with Crippen LogP contribution in [0.2, 0.25) is 0 Å².